The zero-order chi connectivity index (χ0) is 11.8. The van der Waals surface area contributed by atoms with Crippen molar-refractivity contribution in [3.63, 3.8) is 0 Å². The van der Waals surface area contributed by atoms with Crippen molar-refractivity contribution in [3.05, 3.63) is 42.0 Å². The molecule has 3 rings (SSSR count). The molecule has 0 aromatic heterocycles. The molecule has 1 fully saturated rings. The third-order valence-corrected chi connectivity index (χ3v) is 3.60. The van der Waals surface area contributed by atoms with E-state index in [0.29, 0.717) is 5.75 Å². The first-order valence-electron chi connectivity index (χ1n) is 6.22. The normalized spacial score (nSPS) is 17.2. The Morgan fingerprint density at radius 2 is 1.94 bits per heavy atom. The topological polar surface area (TPSA) is 46.2 Å². The van der Waals surface area contributed by atoms with Crippen LogP contribution >= 0.6 is 0 Å². The Hall–Kier alpha value is -1.54. The van der Waals surface area contributed by atoms with E-state index in [1.165, 1.54) is 12.8 Å². The van der Waals surface area contributed by atoms with Gasteiger partial charge in [-0.15, -0.1) is 0 Å². The molecule has 88 valence electrons. The van der Waals surface area contributed by atoms with Crippen LogP contribution in [0.25, 0.3) is 10.8 Å². The molecule has 0 saturated heterocycles. The number of phenols is 1. The van der Waals surface area contributed by atoms with E-state index in [1.807, 2.05) is 24.3 Å². The molecule has 0 amide bonds. The van der Waals surface area contributed by atoms with Crippen molar-refractivity contribution in [1.82, 2.24) is 0 Å². The highest BCUT2D eigenvalue weighted by Crippen LogP contribution is 2.40. The van der Waals surface area contributed by atoms with Crippen LogP contribution in [-0.4, -0.2) is 5.11 Å². The number of benzene rings is 2. The summed E-state index contributed by atoms with van der Waals surface area (Å²) in [5.74, 6) is 1.10. The summed E-state index contributed by atoms with van der Waals surface area (Å²) in [6, 6.07) is 11.8. The van der Waals surface area contributed by atoms with Crippen molar-refractivity contribution in [3.8, 4) is 5.75 Å². The minimum atomic E-state index is -0.0476. The van der Waals surface area contributed by atoms with Crippen molar-refractivity contribution >= 4 is 10.8 Å². The van der Waals surface area contributed by atoms with Gasteiger partial charge in [-0.25, -0.2) is 0 Å². The second-order valence-electron chi connectivity index (χ2n) is 5.01. The molecule has 2 aromatic carbocycles. The fourth-order valence-electron chi connectivity index (χ4n) is 2.50. The Morgan fingerprint density at radius 3 is 2.71 bits per heavy atom. The summed E-state index contributed by atoms with van der Waals surface area (Å²) in [5.41, 5.74) is 7.15. The van der Waals surface area contributed by atoms with Gasteiger partial charge in [0, 0.05) is 11.6 Å². The van der Waals surface area contributed by atoms with Crippen molar-refractivity contribution < 1.29 is 5.11 Å². The van der Waals surface area contributed by atoms with Crippen LogP contribution < -0.4 is 5.73 Å². The van der Waals surface area contributed by atoms with Gasteiger partial charge in [-0.2, -0.15) is 0 Å². The average Bonchev–Trinajstić information content (AvgIpc) is 3.12. The minimum absolute atomic E-state index is 0.0476. The second kappa shape index (κ2) is 4.04. The molecule has 17 heavy (non-hydrogen) atoms. The maximum absolute atomic E-state index is 10.0. The van der Waals surface area contributed by atoms with Crippen LogP contribution in [0.4, 0.5) is 0 Å². The molecular formula is C15H17NO. The lowest BCUT2D eigenvalue weighted by atomic mass is 9.95. The molecule has 0 aliphatic heterocycles. The van der Waals surface area contributed by atoms with Gasteiger partial charge in [0.1, 0.15) is 5.75 Å². The molecule has 1 atom stereocenters. The number of hydrogen-bond acceptors (Lipinski definition) is 2. The summed E-state index contributed by atoms with van der Waals surface area (Å²) >= 11 is 0. The lowest BCUT2D eigenvalue weighted by molar-refractivity contribution is 0.457. The monoisotopic (exact) mass is 227 g/mol. The molecule has 2 aromatic rings. The molecule has 1 aliphatic rings. The first-order valence-corrected chi connectivity index (χ1v) is 6.22. The van der Waals surface area contributed by atoms with Gasteiger partial charge in [0.05, 0.1) is 0 Å². The number of nitrogens with two attached hydrogens (primary N) is 1. The predicted octanol–water partition coefficient (Wildman–Crippen LogP) is 3.35. The highest BCUT2D eigenvalue weighted by Gasteiger charge is 2.26. The van der Waals surface area contributed by atoms with Crippen LogP contribution in [0.2, 0.25) is 0 Å². The van der Waals surface area contributed by atoms with Crippen LogP contribution in [0, 0.1) is 5.92 Å². The number of rotatable bonds is 3. The molecular weight excluding hydrogens is 210 g/mol. The molecule has 2 nitrogen and oxygen atoms in total. The number of phenolic OH excluding ortho intramolecular Hbond substituents is 1. The maximum Gasteiger partial charge on any atom is 0.120 e. The van der Waals surface area contributed by atoms with Crippen molar-refractivity contribution in [2.45, 2.75) is 25.3 Å². The van der Waals surface area contributed by atoms with Gasteiger partial charge in [0.25, 0.3) is 0 Å². The van der Waals surface area contributed by atoms with Gasteiger partial charge in [-0.05, 0) is 29.2 Å². The molecule has 0 bridgehead atoms. The summed E-state index contributed by atoms with van der Waals surface area (Å²) < 4.78 is 0. The van der Waals surface area contributed by atoms with Crippen LogP contribution in [0.5, 0.6) is 5.75 Å². The van der Waals surface area contributed by atoms with E-state index in [0.717, 1.165) is 28.7 Å². The molecule has 3 N–H and O–H groups in total. The molecule has 0 unspecified atom stereocenters. The van der Waals surface area contributed by atoms with E-state index in [4.69, 9.17) is 5.73 Å². The summed E-state index contributed by atoms with van der Waals surface area (Å²) in [6.07, 6.45) is 3.57. The predicted molar refractivity (Wildman–Crippen MR) is 69.9 cm³/mol. The van der Waals surface area contributed by atoms with Gasteiger partial charge in [-0.1, -0.05) is 43.2 Å². The molecule has 2 heteroatoms. The van der Waals surface area contributed by atoms with Crippen LogP contribution in [-0.2, 0) is 0 Å². The first kappa shape index (κ1) is 10.6. The summed E-state index contributed by atoms with van der Waals surface area (Å²) in [6.45, 7) is 0. The van der Waals surface area contributed by atoms with Crippen molar-refractivity contribution in [2.24, 2.45) is 11.7 Å². The Kier molecular flexibility index (Phi) is 2.52. The van der Waals surface area contributed by atoms with Gasteiger partial charge in [-0.3, -0.25) is 0 Å². The van der Waals surface area contributed by atoms with Gasteiger partial charge < -0.3 is 10.8 Å². The highest BCUT2D eigenvalue weighted by molar-refractivity contribution is 5.88. The number of aromatic hydroxyl groups is 1. The van der Waals surface area contributed by atoms with E-state index < -0.39 is 0 Å². The number of fused-ring (bicyclic) bond motifs is 1. The first-order chi connectivity index (χ1) is 8.25. The molecule has 0 radical (unpaired) electrons. The minimum Gasteiger partial charge on any atom is -0.508 e. The van der Waals surface area contributed by atoms with Crippen LogP contribution in [0.1, 0.15) is 30.9 Å². The summed E-state index contributed by atoms with van der Waals surface area (Å²) in [4.78, 5) is 0. The lowest BCUT2D eigenvalue weighted by Gasteiger charge is -2.16. The van der Waals surface area contributed by atoms with E-state index in [2.05, 4.69) is 6.07 Å². The molecule has 0 heterocycles. The Bertz CT molecular complexity index is 546. The van der Waals surface area contributed by atoms with E-state index in [9.17, 15) is 5.11 Å². The van der Waals surface area contributed by atoms with E-state index in [-0.39, 0.29) is 6.04 Å². The lowest BCUT2D eigenvalue weighted by Crippen LogP contribution is -2.11. The highest BCUT2D eigenvalue weighted by atomic mass is 16.3. The fourth-order valence-corrected chi connectivity index (χ4v) is 2.50. The zero-order valence-corrected chi connectivity index (χ0v) is 9.76. The number of hydrogen-bond donors (Lipinski definition) is 2. The summed E-state index contributed by atoms with van der Waals surface area (Å²) in [5, 5.41) is 12.3. The quantitative estimate of drug-likeness (QED) is 0.844. The Morgan fingerprint density at radius 1 is 1.18 bits per heavy atom. The zero-order valence-electron chi connectivity index (χ0n) is 9.76. The van der Waals surface area contributed by atoms with Gasteiger partial charge in [0.15, 0.2) is 0 Å². The third-order valence-electron chi connectivity index (χ3n) is 3.60. The molecule has 0 spiro atoms. The average molecular weight is 227 g/mol. The second-order valence-corrected chi connectivity index (χ2v) is 5.01. The Labute approximate surface area is 101 Å². The fraction of sp³-hybridized carbons (Fsp3) is 0.333. The van der Waals surface area contributed by atoms with Gasteiger partial charge >= 0.3 is 0 Å². The maximum atomic E-state index is 10.0. The smallest absolute Gasteiger partial charge is 0.120 e. The third kappa shape index (κ3) is 2.01. The SMILES string of the molecule is N[C@H](CC1CC1)c1c(O)ccc2ccccc12. The van der Waals surface area contributed by atoms with Crippen molar-refractivity contribution in [1.29, 1.82) is 0 Å². The summed E-state index contributed by atoms with van der Waals surface area (Å²) in [7, 11) is 0. The Balaban J connectivity index is 2.08. The van der Waals surface area contributed by atoms with Crippen LogP contribution in [0.15, 0.2) is 36.4 Å². The standard InChI is InChI=1S/C15H17NO/c16-13(9-10-5-6-10)15-12-4-2-1-3-11(12)7-8-14(15)17/h1-4,7-8,10,13,17H,5-6,9,16H2/t13-/m1/s1. The van der Waals surface area contributed by atoms with Crippen molar-refractivity contribution in [2.75, 3.05) is 0 Å². The van der Waals surface area contributed by atoms with Crippen LogP contribution in [0.3, 0.4) is 0 Å². The van der Waals surface area contributed by atoms with E-state index in [1.54, 1.807) is 6.07 Å². The molecule has 1 saturated carbocycles. The largest absolute Gasteiger partial charge is 0.508 e. The molecule has 1 aliphatic carbocycles. The van der Waals surface area contributed by atoms with Gasteiger partial charge in [0.2, 0.25) is 0 Å². The van der Waals surface area contributed by atoms with E-state index >= 15 is 0 Å².